The number of carbonyl (C=O) groups excluding carboxylic acids is 1. The van der Waals surface area contributed by atoms with Gasteiger partial charge in [0.05, 0.1) is 5.75 Å². The Hall–Kier alpha value is -2.59. The minimum Gasteiger partial charge on any atom is -0.461 e. The first-order valence-corrected chi connectivity index (χ1v) is 8.01. The molecule has 4 nitrogen and oxygen atoms in total. The molecule has 1 aromatic heterocycles. The third-order valence-electron chi connectivity index (χ3n) is 2.96. The maximum absolute atomic E-state index is 12.1. The molecule has 0 aliphatic rings. The number of alkyl halides is 2. The monoisotopic (exact) mass is 348 g/mol. The van der Waals surface area contributed by atoms with Crippen LogP contribution in [0, 0.1) is 18.3 Å². The van der Waals surface area contributed by atoms with Gasteiger partial charge in [-0.15, -0.1) is 0 Å². The van der Waals surface area contributed by atoms with Crippen LogP contribution in [-0.2, 0) is 10.5 Å². The Kier molecular flexibility index (Phi) is 6.15. The molecular weight excluding hydrogens is 334 g/mol. The first-order valence-electron chi connectivity index (χ1n) is 6.96. The fourth-order valence-electron chi connectivity index (χ4n) is 1.91. The van der Waals surface area contributed by atoms with Gasteiger partial charge in [0, 0.05) is 11.8 Å². The average Bonchev–Trinajstić information content (AvgIpc) is 2.98. The van der Waals surface area contributed by atoms with Gasteiger partial charge >= 0.3 is 0 Å². The standard InChI is InChI=1S/C17H14F2N2O2S/c1-11-3-2-4-13(7-11)21-16(22)12(9-20)8-14-5-6-15(23-14)10-24-17(18)19/h2-8,17H,10H2,1H3,(H,21,22)/b12-8+. The van der Waals surface area contributed by atoms with Crippen LogP contribution in [-0.4, -0.2) is 11.7 Å². The van der Waals surface area contributed by atoms with Gasteiger partial charge < -0.3 is 9.73 Å². The molecule has 1 heterocycles. The summed E-state index contributed by atoms with van der Waals surface area (Å²) in [5.41, 5.74) is 1.41. The Labute approximate surface area is 142 Å². The SMILES string of the molecule is Cc1cccc(NC(=O)/C(C#N)=C/c2ccc(CSC(F)F)o2)c1. The summed E-state index contributed by atoms with van der Waals surface area (Å²) >= 11 is 0.440. The van der Waals surface area contributed by atoms with E-state index in [-0.39, 0.29) is 17.1 Å². The van der Waals surface area contributed by atoms with Crippen LogP contribution in [0.3, 0.4) is 0 Å². The van der Waals surface area contributed by atoms with Crippen LogP contribution < -0.4 is 5.32 Å². The number of nitriles is 1. The van der Waals surface area contributed by atoms with Gasteiger partial charge in [0.2, 0.25) is 0 Å². The Morgan fingerprint density at radius 2 is 2.21 bits per heavy atom. The number of hydrogen-bond acceptors (Lipinski definition) is 4. The maximum atomic E-state index is 12.1. The molecule has 0 bridgehead atoms. The summed E-state index contributed by atoms with van der Waals surface area (Å²) in [6.45, 7) is 1.89. The van der Waals surface area contributed by atoms with Gasteiger partial charge in [-0.1, -0.05) is 23.9 Å². The first kappa shape index (κ1) is 17.8. The van der Waals surface area contributed by atoms with Crippen molar-refractivity contribution in [1.29, 1.82) is 5.26 Å². The molecule has 0 radical (unpaired) electrons. The lowest BCUT2D eigenvalue weighted by Gasteiger charge is -2.04. The number of hydrogen-bond donors (Lipinski definition) is 1. The van der Waals surface area contributed by atoms with Crippen LogP contribution in [0.5, 0.6) is 0 Å². The van der Waals surface area contributed by atoms with Gasteiger partial charge in [0.1, 0.15) is 23.2 Å². The van der Waals surface area contributed by atoms with E-state index in [1.165, 1.54) is 18.2 Å². The molecule has 0 saturated carbocycles. The second-order valence-electron chi connectivity index (χ2n) is 4.87. The lowest BCUT2D eigenvalue weighted by Crippen LogP contribution is -2.13. The molecule has 0 unspecified atom stereocenters. The predicted molar refractivity (Wildman–Crippen MR) is 89.4 cm³/mol. The Morgan fingerprint density at radius 3 is 2.88 bits per heavy atom. The quantitative estimate of drug-likeness (QED) is 0.612. The number of thioether (sulfide) groups is 1. The average molecular weight is 348 g/mol. The largest absolute Gasteiger partial charge is 0.461 e. The zero-order valence-electron chi connectivity index (χ0n) is 12.8. The normalized spacial score (nSPS) is 11.4. The predicted octanol–water partition coefficient (Wildman–Crippen LogP) is 4.59. The Balaban J connectivity index is 2.08. The van der Waals surface area contributed by atoms with E-state index in [1.54, 1.807) is 18.2 Å². The summed E-state index contributed by atoms with van der Waals surface area (Å²) in [7, 11) is 0. The number of halogens is 2. The number of amides is 1. The van der Waals surface area contributed by atoms with Crippen LogP contribution in [0.15, 0.2) is 46.4 Å². The topological polar surface area (TPSA) is 66.0 Å². The van der Waals surface area contributed by atoms with E-state index >= 15 is 0 Å². The number of carbonyl (C=O) groups is 1. The van der Waals surface area contributed by atoms with Crippen molar-refractivity contribution in [2.45, 2.75) is 18.4 Å². The molecule has 1 amide bonds. The second kappa shape index (κ2) is 8.31. The van der Waals surface area contributed by atoms with E-state index in [0.717, 1.165) is 5.56 Å². The molecule has 0 aliphatic carbocycles. The van der Waals surface area contributed by atoms with Gasteiger partial charge in [-0.3, -0.25) is 4.79 Å². The van der Waals surface area contributed by atoms with Crippen molar-refractivity contribution in [1.82, 2.24) is 0 Å². The Bertz CT molecular complexity index is 794. The highest BCUT2D eigenvalue weighted by molar-refractivity contribution is 7.98. The van der Waals surface area contributed by atoms with Crippen molar-refractivity contribution < 1.29 is 18.0 Å². The van der Waals surface area contributed by atoms with Crippen molar-refractivity contribution in [2.75, 3.05) is 5.32 Å². The van der Waals surface area contributed by atoms with Gasteiger partial charge in [0.25, 0.3) is 11.7 Å². The highest BCUT2D eigenvalue weighted by Gasteiger charge is 2.12. The molecule has 0 fully saturated rings. The lowest BCUT2D eigenvalue weighted by atomic mass is 10.2. The number of nitrogens with zero attached hydrogens (tertiary/aromatic N) is 1. The first-order chi connectivity index (χ1) is 11.5. The van der Waals surface area contributed by atoms with Crippen LogP contribution in [0.2, 0.25) is 0 Å². The molecule has 0 spiro atoms. The summed E-state index contributed by atoms with van der Waals surface area (Å²) in [5, 5.41) is 11.8. The number of rotatable bonds is 6. The highest BCUT2D eigenvalue weighted by atomic mass is 32.2. The van der Waals surface area contributed by atoms with Crippen molar-refractivity contribution in [3.8, 4) is 6.07 Å². The zero-order valence-corrected chi connectivity index (χ0v) is 13.6. The fraction of sp³-hybridized carbons (Fsp3) is 0.176. The minimum atomic E-state index is -2.48. The molecular formula is C17H14F2N2O2S. The molecule has 124 valence electrons. The van der Waals surface area contributed by atoms with Gasteiger partial charge in [-0.2, -0.15) is 14.0 Å². The molecule has 2 aromatic rings. The van der Waals surface area contributed by atoms with E-state index in [1.807, 2.05) is 19.1 Å². The number of furan rings is 1. The van der Waals surface area contributed by atoms with E-state index in [9.17, 15) is 13.6 Å². The molecule has 2 rings (SSSR count). The Morgan fingerprint density at radius 1 is 1.42 bits per heavy atom. The lowest BCUT2D eigenvalue weighted by molar-refractivity contribution is -0.112. The molecule has 1 N–H and O–H groups in total. The van der Waals surface area contributed by atoms with Gasteiger partial charge in [0.15, 0.2) is 0 Å². The van der Waals surface area contributed by atoms with Crippen molar-refractivity contribution in [3.05, 3.63) is 59.1 Å². The zero-order chi connectivity index (χ0) is 17.5. The van der Waals surface area contributed by atoms with Crippen LogP contribution in [0.4, 0.5) is 14.5 Å². The van der Waals surface area contributed by atoms with E-state index in [2.05, 4.69) is 5.32 Å². The molecule has 1 aromatic carbocycles. The maximum Gasteiger partial charge on any atom is 0.284 e. The van der Waals surface area contributed by atoms with Crippen LogP contribution in [0.25, 0.3) is 6.08 Å². The summed E-state index contributed by atoms with van der Waals surface area (Å²) in [5.74, 6) is -2.42. The van der Waals surface area contributed by atoms with Crippen molar-refractivity contribution >= 4 is 29.4 Å². The summed E-state index contributed by atoms with van der Waals surface area (Å²) in [4.78, 5) is 12.1. The number of aryl methyl sites for hydroxylation is 1. The van der Waals surface area contributed by atoms with Crippen molar-refractivity contribution in [2.24, 2.45) is 0 Å². The number of anilines is 1. The third kappa shape index (κ3) is 5.25. The smallest absolute Gasteiger partial charge is 0.284 e. The summed E-state index contributed by atoms with van der Waals surface area (Å²) in [6.07, 6.45) is 1.28. The minimum absolute atomic E-state index is 0.0167. The van der Waals surface area contributed by atoms with Gasteiger partial charge in [-0.25, -0.2) is 0 Å². The van der Waals surface area contributed by atoms with Gasteiger partial charge in [-0.05, 0) is 36.8 Å². The van der Waals surface area contributed by atoms with Crippen molar-refractivity contribution in [3.63, 3.8) is 0 Å². The second-order valence-corrected chi connectivity index (χ2v) is 5.85. The summed E-state index contributed by atoms with van der Waals surface area (Å²) in [6, 6.07) is 12.0. The summed E-state index contributed by atoms with van der Waals surface area (Å²) < 4.78 is 29.6. The van der Waals surface area contributed by atoms with Crippen LogP contribution in [0.1, 0.15) is 17.1 Å². The van der Waals surface area contributed by atoms with Crippen LogP contribution >= 0.6 is 11.8 Å². The highest BCUT2D eigenvalue weighted by Crippen LogP contribution is 2.22. The molecule has 0 atom stereocenters. The van der Waals surface area contributed by atoms with E-state index in [4.69, 9.17) is 9.68 Å². The third-order valence-corrected chi connectivity index (χ3v) is 3.66. The molecule has 0 saturated heterocycles. The number of benzene rings is 1. The van der Waals surface area contributed by atoms with E-state index in [0.29, 0.717) is 23.2 Å². The number of nitrogens with one attached hydrogen (secondary N) is 1. The molecule has 7 heteroatoms. The fourth-order valence-corrected chi connectivity index (χ4v) is 2.35. The molecule has 0 aliphatic heterocycles. The molecule has 24 heavy (non-hydrogen) atoms. The van der Waals surface area contributed by atoms with E-state index < -0.39 is 11.7 Å².